The zero-order chi connectivity index (χ0) is 31.1. The standard InChI is InChI=1S/C38H62N2O4/c1-3-4-8-25-17-27(18-26-11-16-38(39)40-24-26)19-29-13-15-32(28-9-6-5-7-10-28)33-23-36(43)37(44-2)21-30(33)12-14-31(41)22-35(42)34(29)20-25/h25-30,32-34,36-38,40,43H,3-12,14,16-24,39H2,1-2H3/p+1/t25-,26?,27-,29+,30?,32-,33?,34-,36?,37?,38?/m1/s1. The number of fused-ring (bicyclic) bond motifs is 2. The lowest BCUT2D eigenvalue weighted by atomic mass is 9.63. The largest absolute Gasteiger partial charge is 0.390 e. The van der Waals surface area contributed by atoms with Crippen LogP contribution in [-0.4, -0.2) is 48.7 Å². The molecule has 6 heteroatoms. The van der Waals surface area contributed by atoms with Gasteiger partial charge in [0.05, 0.1) is 25.2 Å². The number of nitrogens with two attached hydrogens (primary N) is 2. The molecular weight excluding hydrogens is 548 g/mol. The van der Waals surface area contributed by atoms with Crippen LogP contribution in [0.2, 0.25) is 0 Å². The predicted octanol–water partition coefficient (Wildman–Crippen LogP) is 5.40. The zero-order valence-corrected chi connectivity index (χ0v) is 27.9. The fourth-order valence-electron chi connectivity index (χ4n) is 10.2. The number of ketones is 2. The van der Waals surface area contributed by atoms with E-state index in [-0.39, 0.29) is 53.9 Å². The molecule has 4 fully saturated rings. The van der Waals surface area contributed by atoms with E-state index in [1.54, 1.807) is 7.11 Å². The molecule has 0 aromatic rings. The van der Waals surface area contributed by atoms with Gasteiger partial charge in [-0.15, -0.1) is 0 Å². The molecule has 11 atom stereocenters. The summed E-state index contributed by atoms with van der Waals surface area (Å²) >= 11 is 0. The summed E-state index contributed by atoms with van der Waals surface area (Å²) in [6.45, 7) is 3.38. The minimum atomic E-state index is -0.478. The molecule has 0 aromatic carbocycles. The molecule has 0 spiro atoms. The van der Waals surface area contributed by atoms with Crippen LogP contribution in [0.3, 0.4) is 0 Å². The second-order valence-electron chi connectivity index (χ2n) is 15.8. The topological polar surface area (TPSA) is 106 Å². The van der Waals surface area contributed by atoms with Gasteiger partial charge in [-0.25, -0.2) is 0 Å². The van der Waals surface area contributed by atoms with Crippen molar-refractivity contribution in [3.8, 4) is 11.8 Å². The average molecular weight is 612 g/mol. The highest BCUT2D eigenvalue weighted by Gasteiger charge is 2.44. The number of aliphatic hydroxyl groups excluding tert-OH is 1. The number of aliphatic hydroxyl groups is 1. The number of carbonyl (C=O) groups excluding carboxylic acids is 2. The average Bonchev–Trinajstić information content (AvgIpc) is 3.19. The second-order valence-corrected chi connectivity index (χ2v) is 15.8. The number of hydrogen-bond acceptors (Lipinski definition) is 5. The third-order valence-electron chi connectivity index (χ3n) is 12.7. The molecule has 1 heterocycles. The van der Waals surface area contributed by atoms with E-state index in [1.165, 1.54) is 70.6 Å². The molecule has 44 heavy (non-hydrogen) atoms. The van der Waals surface area contributed by atoms with Gasteiger partial charge in [0.1, 0.15) is 17.7 Å². The zero-order valence-electron chi connectivity index (χ0n) is 27.9. The van der Waals surface area contributed by atoms with Crippen molar-refractivity contribution in [2.75, 3.05) is 13.7 Å². The van der Waals surface area contributed by atoms with Gasteiger partial charge in [0.15, 0.2) is 0 Å². The predicted molar refractivity (Wildman–Crippen MR) is 174 cm³/mol. The number of Topliss-reactive ketones (excluding diaryl/α,β-unsaturated/α-hetero) is 2. The molecule has 3 saturated carbocycles. The first-order valence-electron chi connectivity index (χ1n) is 18.7. The summed E-state index contributed by atoms with van der Waals surface area (Å²) in [4.78, 5) is 27.4. The highest BCUT2D eigenvalue weighted by Crippen LogP contribution is 2.46. The van der Waals surface area contributed by atoms with Crippen LogP contribution < -0.4 is 11.1 Å². The summed E-state index contributed by atoms with van der Waals surface area (Å²) in [5.74, 6) is 11.2. The van der Waals surface area contributed by atoms with Gasteiger partial charge in [0, 0.05) is 43.6 Å². The Morgan fingerprint density at radius 3 is 2.45 bits per heavy atom. The van der Waals surface area contributed by atoms with E-state index in [0.29, 0.717) is 42.4 Å². The minimum Gasteiger partial charge on any atom is -0.390 e. The Morgan fingerprint density at radius 2 is 1.73 bits per heavy atom. The normalized spacial score (nSPS) is 41.2. The number of unbranched alkanes of at least 4 members (excludes halogenated alkanes) is 1. The number of piperidine rings is 1. The molecule has 6 unspecified atom stereocenters. The molecule has 0 bridgehead atoms. The summed E-state index contributed by atoms with van der Waals surface area (Å²) in [5, 5.41) is 13.5. The first-order valence-corrected chi connectivity index (χ1v) is 18.7. The number of hydrogen-bond donors (Lipinski definition) is 3. The van der Waals surface area contributed by atoms with Crippen molar-refractivity contribution in [2.45, 2.75) is 147 Å². The number of quaternary nitrogens is 1. The van der Waals surface area contributed by atoms with E-state index in [9.17, 15) is 14.7 Å². The highest BCUT2D eigenvalue weighted by molar-refractivity contribution is 6.00. The fraction of sp³-hybridized carbons (Fsp3) is 0.895. The molecule has 4 aliphatic carbocycles. The molecule has 6 nitrogen and oxygen atoms in total. The lowest BCUT2D eigenvalue weighted by Gasteiger charge is -2.44. The lowest BCUT2D eigenvalue weighted by Crippen LogP contribution is -2.95. The number of ether oxygens (including phenoxy) is 1. The number of rotatable bonds is 7. The summed E-state index contributed by atoms with van der Waals surface area (Å²) in [6, 6.07) is 0. The molecule has 248 valence electrons. The third-order valence-corrected chi connectivity index (χ3v) is 12.7. The molecule has 1 saturated heterocycles. The minimum absolute atomic E-state index is 0.0333. The molecule has 0 aromatic heterocycles. The maximum Gasteiger partial charge on any atom is 0.144 e. The van der Waals surface area contributed by atoms with Gasteiger partial charge in [-0.1, -0.05) is 57.3 Å². The van der Waals surface area contributed by atoms with Crippen molar-refractivity contribution >= 4 is 11.6 Å². The quantitative estimate of drug-likeness (QED) is 0.264. The van der Waals surface area contributed by atoms with E-state index < -0.39 is 6.10 Å². The van der Waals surface area contributed by atoms with Crippen molar-refractivity contribution < 1.29 is 24.7 Å². The SMILES string of the molecule is CCCC[C@@H]1C[C@H](CC2CCC(N)[NH2+]C2)C[C@@H]2C#C[C@H](C3CCCCC3)C3CC(O)C(OC)CC3CCC(=O)CC(=O)[C@@H]2C1. The Hall–Kier alpha value is -1.26. The van der Waals surface area contributed by atoms with E-state index in [1.807, 2.05) is 0 Å². The van der Waals surface area contributed by atoms with E-state index in [2.05, 4.69) is 24.1 Å². The third kappa shape index (κ3) is 8.96. The monoisotopic (exact) mass is 611 g/mol. The number of methoxy groups -OCH3 is 1. The van der Waals surface area contributed by atoms with Crippen LogP contribution in [0, 0.1) is 65.1 Å². The molecule has 0 amide bonds. The van der Waals surface area contributed by atoms with E-state index in [4.69, 9.17) is 10.5 Å². The van der Waals surface area contributed by atoms with Crippen LogP contribution in [0.4, 0.5) is 0 Å². The Balaban J connectivity index is 1.48. The van der Waals surface area contributed by atoms with Gasteiger partial charge in [0.25, 0.3) is 0 Å². The Kier molecular flexibility index (Phi) is 12.8. The smallest absolute Gasteiger partial charge is 0.144 e. The Labute approximate surface area is 267 Å². The van der Waals surface area contributed by atoms with Gasteiger partial charge in [-0.3, -0.25) is 15.3 Å². The molecular formula is C38H63N2O4+. The van der Waals surface area contributed by atoms with Gasteiger partial charge in [-0.2, -0.15) is 0 Å². The second kappa shape index (κ2) is 16.5. The van der Waals surface area contributed by atoms with Gasteiger partial charge >= 0.3 is 0 Å². The molecule has 0 radical (unpaired) electrons. The van der Waals surface area contributed by atoms with Crippen LogP contribution >= 0.6 is 0 Å². The molecule has 5 N–H and O–H groups in total. The van der Waals surface area contributed by atoms with Crippen LogP contribution in [0.15, 0.2) is 0 Å². The van der Waals surface area contributed by atoms with Crippen molar-refractivity contribution in [1.82, 2.24) is 0 Å². The van der Waals surface area contributed by atoms with Crippen molar-refractivity contribution in [2.24, 2.45) is 59.0 Å². The van der Waals surface area contributed by atoms with Crippen molar-refractivity contribution in [1.29, 1.82) is 0 Å². The van der Waals surface area contributed by atoms with Crippen molar-refractivity contribution in [3.05, 3.63) is 0 Å². The fourth-order valence-corrected chi connectivity index (χ4v) is 10.2. The Bertz CT molecular complexity index is 991. The van der Waals surface area contributed by atoms with Gasteiger partial charge in [0.2, 0.25) is 0 Å². The van der Waals surface area contributed by atoms with Gasteiger partial charge in [-0.05, 0) is 93.8 Å². The Morgan fingerprint density at radius 1 is 0.909 bits per heavy atom. The van der Waals surface area contributed by atoms with Crippen LogP contribution in [0.1, 0.15) is 129 Å². The van der Waals surface area contributed by atoms with Crippen LogP contribution in [-0.2, 0) is 14.3 Å². The van der Waals surface area contributed by atoms with Gasteiger partial charge < -0.3 is 15.2 Å². The lowest BCUT2D eigenvalue weighted by molar-refractivity contribution is -0.703. The summed E-state index contributed by atoms with van der Waals surface area (Å²) < 4.78 is 5.72. The molecule has 5 aliphatic rings. The highest BCUT2D eigenvalue weighted by atomic mass is 16.5. The van der Waals surface area contributed by atoms with E-state index >= 15 is 0 Å². The maximum absolute atomic E-state index is 14.0. The summed E-state index contributed by atoms with van der Waals surface area (Å²) in [5.41, 5.74) is 6.21. The first-order chi connectivity index (χ1) is 21.3. The summed E-state index contributed by atoms with van der Waals surface area (Å²) in [6.07, 6.45) is 18.8. The maximum atomic E-state index is 14.0. The van der Waals surface area contributed by atoms with Crippen LogP contribution in [0.5, 0.6) is 0 Å². The molecule has 1 aliphatic heterocycles. The van der Waals surface area contributed by atoms with E-state index in [0.717, 1.165) is 38.6 Å². The first kappa shape index (κ1) is 34.1. The van der Waals surface area contributed by atoms with Crippen LogP contribution in [0.25, 0.3) is 0 Å². The number of carbonyl (C=O) groups is 2. The molecule has 5 rings (SSSR count). The van der Waals surface area contributed by atoms with Crippen molar-refractivity contribution in [3.63, 3.8) is 0 Å². The summed E-state index contributed by atoms with van der Waals surface area (Å²) in [7, 11) is 1.70.